The lowest BCUT2D eigenvalue weighted by Gasteiger charge is -2.26. The van der Waals surface area contributed by atoms with Gasteiger partial charge >= 0.3 is 0 Å². The maximum absolute atomic E-state index is 12.3. The molecule has 0 bridgehead atoms. The van der Waals surface area contributed by atoms with Crippen molar-refractivity contribution in [3.05, 3.63) is 72.9 Å². The van der Waals surface area contributed by atoms with Crippen molar-refractivity contribution in [1.82, 2.24) is 5.32 Å². The standard InChI is InChI=1S/C40H69NO5/c1-3-5-7-8-9-10-11-16-19-22-25-29-33-38(44)40(46)37(35-42)41-39(45)34-30-26-23-20-17-14-12-13-15-18-21-24-28-32-36(43)31-27-6-4-2/h6,13-15,17,21,23-24,26-28,32,36-38,40,42-44,46H,3-5,7-12,16,18-20,22,25,29-31,33-35H2,1-2H3,(H,41,45)/b15-13-,17-14-,24-21+,26-23-,27-6-,32-28+/t36?,37-,38?,40?/m0/s1. The molecule has 0 radical (unpaired) electrons. The van der Waals surface area contributed by atoms with Gasteiger partial charge in [-0.15, -0.1) is 0 Å². The van der Waals surface area contributed by atoms with E-state index in [-0.39, 0.29) is 12.3 Å². The molecule has 0 aromatic carbocycles. The highest BCUT2D eigenvalue weighted by molar-refractivity contribution is 5.76. The first-order chi connectivity index (χ1) is 22.5. The topological polar surface area (TPSA) is 110 Å². The Kier molecular flexibility index (Phi) is 32.4. The first-order valence-electron chi connectivity index (χ1n) is 18.3. The Morgan fingerprint density at radius 2 is 1.20 bits per heavy atom. The van der Waals surface area contributed by atoms with Gasteiger partial charge in [0.15, 0.2) is 0 Å². The summed E-state index contributed by atoms with van der Waals surface area (Å²) >= 11 is 0. The summed E-state index contributed by atoms with van der Waals surface area (Å²) in [5.74, 6) is -0.245. The zero-order valence-corrected chi connectivity index (χ0v) is 29.3. The second-order valence-corrected chi connectivity index (χ2v) is 12.2. The van der Waals surface area contributed by atoms with Gasteiger partial charge in [0, 0.05) is 6.42 Å². The molecular formula is C40H69NO5. The summed E-state index contributed by atoms with van der Waals surface area (Å²) < 4.78 is 0. The third-order valence-electron chi connectivity index (χ3n) is 7.92. The highest BCUT2D eigenvalue weighted by Gasteiger charge is 2.26. The monoisotopic (exact) mass is 644 g/mol. The van der Waals surface area contributed by atoms with Crippen LogP contribution in [0, 0.1) is 0 Å². The van der Waals surface area contributed by atoms with Crippen molar-refractivity contribution in [3.63, 3.8) is 0 Å². The zero-order valence-electron chi connectivity index (χ0n) is 29.3. The van der Waals surface area contributed by atoms with E-state index in [1.54, 1.807) is 6.08 Å². The molecule has 0 aromatic rings. The summed E-state index contributed by atoms with van der Waals surface area (Å²) in [6, 6.07) is -0.863. The minimum Gasteiger partial charge on any atom is -0.394 e. The second-order valence-electron chi connectivity index (χ2n) is 12.2. The van der Waals surface area contributed by atoms with Crippen LogP contribution in [0.25, 0.3) is 0 Å². The smallest absolute Gasteiger partial charge is 0.220 e. The van der Waals surface area contributed by atoms with Crippen molar-refractivity contribution >= 4 is 5.91 Å². The molecule has 0 aromatic heterocycles. The number of aliphatic hydroxyl groups is 4. The Balaban J connectivity index is 3.94. The number of hydrogen-bond acceptors (Lipinski definition) is 5. The van der Waals surface area contributed by atoms with Crippen LogP contribution >= 0.6 is 0 Å². The Labute approximate surface area is 282 Å². The van der Waals surface area contributed by atoms with Gasteiger partial charge in [-0.1, -0.05) is 164 Å². The van der Waals surface area contributed by atoms with Crippen LogP contribution in [0.2, 0.25) is 0 Å². The van der Waals surface area contributed by atoms with E-state index in [4.69, 9.17) is 0 Å². The van der Waals surface area contributed by atoms with E-state index < -0.39 is 31.0 Å². The van der Waals surface area contributed by atoms with E-state index in [0.717, 1.165) is 44.9 Å². The average molecular weight is 644 g/mol. The molecule has 0 saturated heterocycles. The largest absolute Gasteiger partial charge is 0.394 e. The minimum atomic E-state index is -1.18. The van der Waals surface area contributed by atoms with Crippen molar-refractivity contribution in [3.8, 4) is 0 Å². The van der Waals surface area contributed by atoms with Crippen molar-refractivity contribution < 1.29 is 25.2 Å². The van der Waals surface area contributed by atoms with Gasteiger partial charge in [-0.3, -0.25) is 4.79 Å². The molecule has 0 saturated carbocycles. The molecule has 0 fully saturated rings. The van der Waals surface area contributed by atoms with Gasteiger partial charge < -0.3 is 25.7 Å². The third-order valence-corrected chi connectivity index (χ3v) is 7.92. The summed E-state index contributed by atoms with van der Waals surface area (Å²) in [6.07, 6.45) is 41.8. The quantitative estimate of drug-likeness (QED) is 0.0295. The lowest BCUT2D eigenvalue weighted by atomic mass is 9.99. The van der Waals surface area contributed by atoms with Gasteiger partial charge in [-0.05, 0) is 44.9 Å². The van der Waals surface area contributed by atoms with Crippen LogP contribution in [-0.2, 0) is 4.79 Å². The summed E-state index contributed by atoms with van der Waals surface area (Å²) in [4.78, 5) is 12.3. The van der Waals surface area contributed by atoms with Crippen molar-refractivity contribution in [2.45, 2.75) is 167 Å². The number of rotatable bonds is 31. The average Bonchev–Trinajstić information content (AvgIpc) is 3.05. The molecule has 0 aliphatic heterocycles. The zero-order chi connectivity index (χ0) is 33.9. The Morgan fingerprint density at radius 1 is 0.652 bits per heavy atom. The van der Waals surface area contributed by atoms with E-state index in [0.29, 0.717) is 19.3 Å². The summed E-state index contributed by atoms with van der Waals surface area (Å²) in [6.45, 7) is 3.91. The molecule has 5 N–H and O–H groups in total. The molecule has 0 heterocycles. The fourth-order valence-corrected chi connectivity index (χ4v) is 5.03. The first kappa shape index (κ1) is 43.8. The summed E-state index contributed by atoms with van der Waals surface area (Å²) in [7, 11) is 0. The molecule has 264 valence electrons. The van der Waals surface area contributed by atoms with Gasteiger partial charge in [0.05, 0.1) is 24.9 Å². The lowest BCUT2D eigenvalue weighted by molar-refractivity contribution is -0.124. The molecule has 6 heteroatoms. The molecular weight excluding hydrogens is 574 g/mol. The van der Waals surface area contributed by atoms with Crippen molar-refractivity contribution in [1.29, 1.82) is 0 Å². The third kappa shape index (κ3) is 29.2. The van der Waals surface area contributed by atoms with Crippen LogP contribution in [0.4, 0.5) is 0 Å². The van der Waals surface area contributed by atoms with Gasteiger partial charge in [0.25, 0.3) is 0 Å². The van der Waals surface area contributed by atoms with Gasteiger partial charge in [-0.25, -0.2) is 0 Å². The second kappa shape index (κ2) is 34.1. The van der Waals surface area contributed by atoms with E-state index in [9.17, 15) is 25.2 Å². The van der Waals surface area contributed by atoms with Crippen LogP contribution in [0.5, 0.6) is 0 Å². The molecule has 46 heavy (non-hydrogen) atoms. The Bertz CT molecular complexity index is 860. The van der Waals surface area contributed by atoms with Gasteiger partial charge in [0.2, 0.25) is 5.91 Å². The van der Waals surface area contributed by atoms with Crippen LogP contribution in [0.3, 0.4) is 0 Å². The van der Waals surface area contributed by atoms with Crippen LogP contribution in [0.1, 0.15) is 142 Å². The van der Waals surface area contributed by atoms with Gasteiger partial charge in [0.1, 0.15) is 6.10 Å². The maximum atomic E-state index is 12.3. The van der Waals surface area contributed by atoms with E-state index in [2.05, 4.69) is 55.6 Å². The number of hydrogen-bond donors (Lipinski definition) is 5. The normalized spacial score (nSPS) is 15.3. The van der Waals surface area contributed by atoms with Gasteiger partial charge in [-0.2, -0.15) is 0 Å². The number of carbonyl (C=O) groups excluding carboxylic acids is 1. The molecule has 6 nitrogen and oxygen atoms in total. The highest BCUT2D eigenvalue weighted by atomic mass is 16.3. The summed E-state index contributed by atoms with van der Waals surface area (Å²) in [5, 5.41) is 43.0. The Morgan fingerprint density at radius 3 is 1.76 bits per heavy atom. The SMILES string of the molecule is CC/C=C\CC(O)/C=C/C=C/C/C=C\C/C=C\C/C=C\CCC(=O)N[C@@H](CO)C(O)C(O)CCCCCCCCCCCCCC. The number of amides is 1. The number of nitrogens with one attached hydrogen (secondary N) is 1. The van der Waals surface area contributed by atoms with Crippen molar-refractivity contribution in [2.24, 2.45) is 0 Å². The Hall–Kier alpha value is -2.25. The van der Waals surface area contributed by atoms with Crippen LogP contribution < -0.4 is 5.32 Å². The number of carbonyl (C=O) groups is 1. The highest BCUT2D eigenvalue weighted by Crippen LogP contribution is 2.15. The molecule has 1 amide bonds. The fraction of sp³-hybridized carbons (Fsp3) is 0.675. The molecule has 0 aliphatic carbocycles. The van der Waals surface area contributed by atoms with E-state index >= 15 is 0 Å². The lowest BCUT2D eigenvalue weighted by Crippen LogP contribution is -2.50. The fourth-order valence-electron chi connectivity index (χ4n) is 5.03. The van der Waals surface area contributed by atoms with Crippen LogP contribution in [-0.4, -0.2) is 57.3 Å². The van der Waals surface area contributed by atoms with Crippen molar-refractivity contribution in [2.75, 3.05) is 6.61 Å². The first-order valence-corrected chi connectivity index (χ1v) is 18.3. The maximum Gasteiger partial charge on any atom is 0.220 e. The predicted molar refractivity (Wildman–Crippen MR) is 196 cm³/mol. The van der Waals surface area contributed by atoms with E-state index in [1.807, 2.05) is 30.4 Å². The predicted octanol–water partition coefficient (Wildman–Crippen LogP) is 8.73. The van der Waals surface area contributed by atoms with Crippen LogP contribution in [0.15, 0.2) is 72.9 Å². The molecule has 3 unspecified atom stereocenters. The van der Waals surface area contributed by atoms with E-state index in [1.165, 1.54) is 57.8 Å². The molecule has 0 aliphatic rings. The number of allylic oxidation sites excluding steroid dienone is 10. The number of aliphatic hydroxyl groups excluding tert-OH is 4. The molecule has 0 rings (SSSR count). The summed E-state index contributed by atoms with van der Waals surface area (Å²) in [5.41, 5.74) is 0. The molecule has 4 atom stereocenters. The minimum absolute atomic E-state index is 0.245. The number of unbranched alkanes of at least 4 members (excludes halogenated alkanes) is 11. The molecule has 0 spiro atoms.